The fourth-order valence-corrected chi connectivity index (χ4v) is 10.4. The molecule has 4 atom stereocenters. The highest BCUT2D eigenvalue weighted by atomic mass is 28.4. The van der Waals surface area contributed by atoms with E-state index in [0.29, 0.717) is 37.0 Å². The first-order valence-corrected chi connectivity index (χ1v) is 25.0. The van der Waals surface area contributed by atoms with Gasteiger partial charge in [-0.15, -0.1) is 0 Å². The number of allylic oxidation sites excluding steroid dienone is 2. The third-order valence-corrected chi connectivity index (χ3v) is 21.6. The molecule has 0 aromatic heterocycles. The molecule has 47 heavy (non-hydrogen) atoms. The van der Waals surface area contributed by atoms with Gasteiger partial charge in [0.15, 0.2) is 22.4 Å². The van der Waals surface area contributed by atoms with Crippen LogP contribution in [0.15, 0.2) is 11.6 Å². The third-order valence-electron chi connectivity index (χ3n) is 12.7. The molecule has 3 unspecified atom stereocenters. The number of rotatable bonds is 11. The number of ketones is 1. The quantitative estimate of drug-likeness (QED) is 0.123. The van der Waals surface area contributed by atoms with Crippen LogP contribution >= 0.6 is 0 Å². The van der Waals surface area contributed by atoms with Crippen LogP contribution in [0.25, 0.3) is 0 Å². The summed E-state index contributed by atoms with van der Waals surface area (Å²) in [4.78, 5) is 25.7. The summed E-state index contributed by atoms with van der Waals surface area (Å²) >= 11 is 0. The second kappa shape index (κ2) is 15.4. The van der Waals surface area contributed by atoms with E-state index >= 15 is 0 Å². The Morgan fingerprint density at radius 1 is 0.851 bits per heavy atom. The van der Waals surface area contributed by atoms with Crippen LogP contribution in [0.2, 0.25) is 36.3 Å². The van der Waals surface area contributed by atoms with Gasteiger partial charge in [-0.3, -0.25) is 9.59 Å². The van der Waals surface area contributed by atoms with Gasteiger partial charge in [0.1, 0.15) is 17.8 Å². The van der Waals surface area contributed by atoms with Crippen LogP contribution in [0.5, 0.6) is 0 Å². The average molecular weight is 685 g/mol. The van der Waals surface area contributed by atoms with E-state index in [-0.39, 0.29) is 34.0 Å². The Labute approximate surface area is 290 Å². The van der Waals surface area contributed by atoms with Gasteiger partial charge in [0.25, 0.3) is 0 Å². The van der Waals surface area contributed by atoms with Crippen LogP contribution < -0.4 is 0 Å². The predicted octanol–water partition coefficient (Wildman–Crippen LogP) is 10.7. The normalized spacial score (nSPS) is 27.1. The number of ether oxygens (including phenoxy) is 1. The van der Waals surface area contributed by atoms with Gasteiger partial charge in [-0.2, -0.15) is 0 Å². The van der Waals surface area contributed by atoms with E-state index < -0.39 is 22.2 Å². The molecule has 7 heteroatoms. The summed E-state index contributed by atoms with van der Waals surface area (Å²) in [5, 5.41) is 0.208. The number of hydrogen-bond acceptors (Lipinski definition) is 5. The summed E-state index contributed by atoms with van der Waals surface area (Å²) in [6.07, 6.45) is 17.9. The molecule has 0 N–H and O–H groups in total. The summed E-state index contributed by atoms with van der Waals surface area (Å²) < 4.78 is 20.1. The van der Waals surface area contributed by atoms with Crippen molar-refractivity contribution in [2.24, 2.45) is 17.8 Å². The predicted molar refractivity (Wildman–Crippen MR) is 198 cm³/mol. The Morgan fingerprint density at radius 2 is 1.45 bits per heavy atom. The lowest BCUT2D eigenvalue weighted by Crippen LogP contribution is -2.49. The highest BCUT2D eigenvalue weighted by Crippen LogP contribution is 2.52. The molecule has 266 valence electrons. The number of carbonyl (C=O) groups is 2. The van der Waals surface area contributed by atoms with Gasteiger partial charge in [0.05, 0.1) is 0 Å². The lowest BCUT2D eigenvalue weighted by molar-refractivity contribution is -0.150. The number of Topliss-reactive ketones (excluding diaryl/α,β-unsaturated/α-hetero) is 1. The Bertz CT molecular complexity index is 1180. The van der Waals surface area contributed by atoms with E-state index in [0.717, 1.165) is 50.5 Å². The van der Waals surface area contributed by atoms with Gasteiger partial charge in [-0.25, -0.2) is 0 Å². The molecule has 0 bridgehead atoms. The summed E-state index contributed by atoms with van der Waals surface area (Å²) in [7, 11) is -4.14. The molecule has 0 aromatic carbocycles. The molecule has 0 aromatic rings. The molecule has 0 saturated heterocycles. The zero-order valence-electron chi connectivity index (χ0n) is 31.8. The average Bonchev–Trinajstić information content (AvgIpc) is 3.51. The molecule has 0 spiro atoms. The Kier molecular flexibility index (Phi) is 12.6. The van der Waals surface area contributed by atoms with Crippen LogP contribution in [0.1, 0.15) is 144 Å². The molecule has 3 saturated carbocycles. The molecule has 5 nitrogen and oxygen atoms in total. The van der Waals surface area contributed by atoms with Crippen molar-refractivity contribution >= 4 is 28.4 Å². The Balaban J connectivity index is 1.48. The van der Waals surface area contributed by atoms with Crippen molar-refractivity contribution in [3.8, 4) is 11.8 Å². The van der Waals surface area contributed by atoms with Crippen LogP contribution in [0.4, 0.5) is 0 Å². The van der Waals surface area contributed by atoms with E-state index in [4.69, 9.17) is 13.6 Å². The first-order valence-electron chi connectivity index (χ1n) is 19.1. The summed E-state index contributed by atoms with van der Waals surface area (Å²) in [5.74, 6) is 8.86. The Hall–Kier alpha value is -1.21. The standard InChI is InChI=1S/C40H68O5Si2/c1-38(2,3)46(7,8)44-36(30-18-13-11-14-19-30)24-25-40(45-47(9,10)39(4,5)6)28-32-26-31(27-33(32)29-40)35(41)22-17-23-37(42)43-34-20-15-12-16-21-34/h26,30,32-34,36H,11-23,27-29H2,1-10H3/t32?,33?,36?,40-/m0/s1. The SMILES string of the molecule is CC(C)(C)[Si](C)(C)OC(C#C[C@]1(O[Si](C)(C)C(C)(C)C)CC2C=C(C(=O)CCCC(=O)OC3CCCCC3)CC2C1)C1CCCCC1. The van der Waals surface area contributed by atoms with Gasteiger partial charge < -0.3 is 13.6 Å². The molecule has 0 aliphatic heterocycles. The third kappa shape index (κ3) is 10.2. The molecular weight excluding hydrogens is 617 g/mol. The monoisotopic (exact) mass is 684 g/mol. The topological polar surface area (TPSA) is 61.8 Å². The van der Waals surface area contributed by atoms with Gasteiger partial charge in [-0.1, -0.05) is 85.1 Å². The van der Waals surface area contributed by atoms with Crippen molar-refractivity contribution in [1.29, 1.82) is 0 Å². The lowest BCUT2D eigenvalue weighted by atomic mass is 9.85. The number of esters is 1. The van der Waals surface area contributed by atoms with E-state index in [1.54, 1.807) is 0 Å². The minimum atomic E-state index is -2.13. The van der Waals surface area contributed by atoms with Crippen molar-refractivity contribution in [1.82, 2.24) is 0 Å². The fraction of sp³-hybridized carbons (Fsp3) is 0.850. The molecule has 0 heterocycles. The van der Waals surface area contributed by atoms with Crippen molar-refractivity contribution in [3.63, 3.8) is 0 Å². The molecule has 4 rings (SSSR count). The summed E-state index contributed by atoms with van der Waals surface area (Å²) in [6, 6.07) is 0. The lowest BCUT2D eigenvalue weighted by Gasteiger charge is -2.43. The zero-order valence-corrected chi connectivity index (χ0v) is 33.8. The maximum Gasteiger partial charge on any atom is 0.306 e. The molecular formula is C40H68O5Si2. The maximum absolute atomic E-state index is 13.3. The smallest absolute Gasteiger partial charge is 0.306 e. The van der Waals surface area contributed by atoms with Gasteiger partial charge in [-0.05, 0) is 124 Å². The van der Waals surface area contributed by atoms with Crippen molar-refractivity contribution in [3.05, 3.63) is 11.6 Å². The second-order valence-corrected chi connectivity index (χ2v) is 28.1. The van der Waals surface area contributed by atoms with Crippen LogP contribution in [-0.2, 0) is 23.2 Å². The van der Waals surface area contributed by atoms with E-state index in [9.17, 15) is 9.59 Å². The highest BCUT2D eigenvalue weighted by molar-refractivity contribution is 6.74. The van der Waals surface area contributed by atoms with Crippen LogP contribution in [0, 0.1) is 29.6 Å². The second-order valence-electron chi connectivity index (χ2n) is 18.6. The minimum Gasteiger partial charge on any atom is -0.462 e. The van der Waals surface area contributed by atoms with Gasteiger partial charge >= 0.3 is 5.97 Å². The van der Waals surface area contributed by atoms with Crippen LogP contribution in [-0.4, -0.2) is 46.2 Å². The van der Waals surface area contributed by atoms with Gasteiger partial charge in [0, 0.05) is 12.8 Å². The number of hydrogen-bond donors (Lipinski definition) is 0. The van der Waals surface area contributed by atoms with Crippen molar-refractivity contribution in [2.75, 3.05) is 0 Å². The maximum atomic E-state index is 13.3. The summed E-state index contributed by atoms with van der Waals surface area (Å²) in [5.41, 5.74) is 0.451. The molecule has 0 radical (unpaired) electrons. The van der Waals surface area contributed by atoms with Gasteiger partial charge in [0.2, 0.25) is 0 Å². The summed E-state index contributed by atoms with van der Waals surface area (Å²) in [6.45, 7) is 23.3. The van der Waals surface area contributed by atoms with Crippen molar-refractivity contribution < 1.29 is 23.2 Å². The molecule has 4 aliphatic carbocycles. The molecule has 0 amide bonds. The number of fused-ring (bicyclic) bond motifs is 1. The van der Waals surface area contributed by atoms with Crippen LogP contribution in [0.3, 0.4) is 0 Å². The molecule has 3 fully saturated rings. The first-order chi connectivity index (χ1) is 21.8. The van der Waals surface area contributed by atoms with E-state index in [1.165, 1.54) is 38.5 Å². The first kappa shape index (κ1) is 38.6. The largest absolute Gasteiger partial charge is 0.462 e. The van der Waals surface area contributed by atoms with E-state index in [2.05, 4.69) is 85.6 Å². The molecule has 4 aliphatic rings. The Morgan fingerprint density at radius 3 is 2.02 bits per heavy atom. The number of carbonyl (C=O) groups excluding carboxylic acids is 2. The zero-order chi connectivity index (χ0) is 34.7. The minimum absolute atomic E-state index is 0.0472. The van der Waals surface area contributed by atoms with Crippen molar-refractivity contribution in [2.45, 2.75) is 198 Å². The van der Waals surface area contributed by atoms with E-state index in [1.807, 2.05) is 0 Å². The fourth-order valence-electron chi connectivity index (χ4n) is 7.65. The highest BCUT2D eigenvalue weighted by Gasteiger charge is 2.52.